The van der Waals surface area contributed by atoms with Crippen molar-refractivity contribution in [2.24, 2.45) is 0 Å². The maximum absolute atomic E-state index is 10.6. The number of hydrogen-bond acceptors (Lipinski definition) is 2. The van der Waals surface area contributed by atoms with E-state index in [0.29, 0.717) is 5.56 Å². The predicted molar refractivity (Wildman–Crippen MR) is 52.7 cm³/mol. The Bertz CT molecular complexity index is 424. The number of hydrogen-bond donors (Lipinski definition) is 1. The Morgan fingerprint density at radius 1 is 1.57 bits per heavy atom. The molecule has 0 aliphatic carbocycles. The molecule has 0 saturated carbocycles. The van der Waals surface area contributed by atoms with Gasteiger partial charge in [-0.05, 0) is 12.1 Å². The molecule has 3 nitrogen and oxygen atoms in total. The summed E-state index contributed by atoms with van der Waals surface area (Å²) in [6, 6.07) is 4.39. The number of aromatic carboxylic acids is 1. The van der Waals surface area contributed by atoms with Crippen molar-refractivity contribution < 1.29 is 9.90 Å². The van der Waals surface area contributed by atoms with Crippen LogP contribution in [-0.4, -0.2) is 11.1 Å². The summed E-state index contributed by atoms with van der Waals surface area (Å²) < 4.78 is 0. The SMILES string of the molecule is N#Cc1cc(C(=O)O)cc(Cl)c1CCl. The zero-order valence-corrected chi connectivity index (χ0v) is 8.43. The van der Waals surface area contributed by atoms with Crippen molar-refractivity contribution in [2.45, 2.75) is 5.88 Å². The molecule has 72 valence electrons. The number of nitrogens with zero attached hydrogens (tertiary/aromatic N) is 1. The molecule has 0 aliphatic heterocycles. The normalized spacial score (nSPS) is 9.50. The lowest BCUT2D eigenvalue weighted by Crippen LogP contribution is -1.99. The number of benzene rings is 1. The summed E-state index contributed by atoms with van der Waals surface area (Å²) in [6.45, 7) is 0. The van der Waals surface area contributed by atoms with E-state index in [0.717, 1.165) is 0 Å². The highest BCUT2D eigenvalue weighted by Gasteiger charge is 2.12. The molecule has 0 amide bonds. The highest BCUT2D eigenvalue weighted by atomic mass is 35.5. The zero-order valence-electron chi connectivity index (χ0n) is 6.92. The molecule has 1 N–H and O–H groups in total. The highest BCUT2D eigenvalue weighted by molar-refractivity contribution is 6.32. The molecule has 1 rings (SSSR count). The van der Waals surface area contributed by atoms with E-state index < -0.39 is 5.97 Å². The lowest BCUT2D eigenvalue weighted by atomic mass is 10.1. The molecule has 0 unspecified atom stereocenters. The Kier molecular flexibility index (Phi) is 3.34. The van der Waals surface area contributed by atoms with Crippen LogP contribution in [0.15, 0.2) is 12.1 Å². The molecule has 0 radical (unpaired) electrons. The lowest BCUT2D eigenvalue weighted by molar-refractivity contribution is 0.0697. The van der Waals surface area contributed by atoms with E-state index in [1.165, 1.54) is 12.1 Å². The number of alkyl halides is 1. The molecular weight excluding hydrogens is 225 g/mol. The molecule has 14 heavy (non-hydrogen) atoms. The van der Waals surface area contributed by atoms with Crippen molar-refractivity contribution in [3.63, 3.8) is 0 Å². The van der Waals surface area contributed by atoms with Crippen molar-refractivity contribution in [2.75, 3.05) is 0 Å². The smallest absolute Gasteiger partial charge is 0.335 e. The van der Waals surface area contributed by atoms with Gasteiger partial charge in [0.25, 0.3) is 0 Å². The van der Waals surface area contributed by atoms with Gasteiger partial charge in [-0.15, -0.1) is 11.6 Å². The third-order valence-corrected chi connectivity index (χ3v) is 2.30. The van der Waals surface area contributed by atoms with Crippen LogP contribution in [0.5, 0.6) is 0 Å². The first-order valence-electron chi connectivity index (χ1n) is 3.62. The molecule has 0 heterocycles. The molecule has 0 spiro atoms. The number of halogens is 2. The molecule has 0 saturated heterocycles. The molecule has 0 bridgehead atoms. The molecule has 1 aromatic rings. The van der Waals surface area contributed by atoms with Crippen LogP contribution in [0.4, 0.5) is 0 Å². The second-order valence-corrected chi connectivity index (χ2v) is 3.21. The van der Waals surface area contributed by atoms with E-state index >= 15 is 0 Å². The van der Waals surface area contributed by atoms with Crippen LogP contribution in [0.2, 0.25) is 5.02 Å². The van der Waals surface area contributed by atoms with Crippen LogP contribution < -0.4 is 0 Å². The summed E-state index contributed by atoms with van der Waals surface area (Å²) in [7, 11) is 0. The summed E-state index contributed by atoms with van der Waals surface area (Å²) >= 11 is 11.3. The maximum Gasteiger partial charge on any atom is 0.335 e. The third-order valence-electron chi connectivity index (χ3n) is 1.70. The van der Waals surface area contributed by atoms with Crippen molar-refractivity contribution in [1.29, 1.82) is 5.26 Å². The van der Waals surface area contributed by atoms with E-state index in [4.69, 9.17) is 33.6 Å². The summed E-state index contributed by atoms with van der Waals surface area (Å²) in [5, 5.41) is 17.6. The lowest BCUT2D eigenvalue weighted by Gasteiger charge is -2.04. The van der Waals surface area contributed by atoms with Gasteiger partial charge in [0.05, 0.1) is 23.1 Å². The summed E-state index contributed by atoms with van der Waals surface area (Å²) in [5.74, 6) is -1.04. The second kappa shape index (κ2) is 4.32. The standard InChI is InChI=1S/C9H5Cl2NO2/c10-3-7-6(4-12)1-5(9(13)14)2-8(7)11/h1-2H,3H2,(H,13,14). The van der Waals surface area contributed by atoms with Gasteiger partial charge < -0.3 is 5.11 Å². The third kappa shape index (κ3) is 1.98. The minimum atomic E-state index is -1.12. The number of rotatable bonds is 2. The van der Waals surface area contributed by atoms with E-state index in [9.17, 15) is 4.79 Å². The first-order valence-corrected chi connectivity index (χ1v) is 4.53. The summed E-state index contributed by atoms with van der Waals surface area (Å²) in [5.41, 5.74) is 0.645. The molecule has 0 aliphatic rings. The van der Waals surface area contributed by atoms with Gasteiger partial charge in [-0.25, -0.2) is 4.79 Å². The van der Waals surface area contributed by atoms with Crippen molar-refractivity contribution in [3.8, 4) is 6.07 Å². The fourth-order valence-electron chi connectivity index (χ4n) is 0.996. The minimum Gasteiger partial charge on any atom is -0.478 e. The van der Waals surface area contributed by atoms with Crippen LogP contribution in [0.1, 0.15) is 21.5 Å². The first-order chi connectivity index (χ1) is 6.60. The fraction of sp³-hybridized carbons (Fsp3) is 0.111. The van der Waals surface area contributed by atoms with E-state index in [-0.39, 0.29) is 22.0 Å². The Labute approximate surface area is 90.5 Å². The van der Waals surface area contributed by atoms with Gasteiger partial charge in [-0.2, -0.15) is 5.26 Å². The Morgan fingerprint density at radius 2 is 2.21 bits per heavy atom. The Hall–Kier alpha value is -1.24. The number of nitriles is 1. The Balaban J connectivity index is 3.41. The fourth-order valence-corrected chi connectivity index (χ4v) is 1.64. The monoisotopic (exact) mass is 229 g/mol. The molecule has 0 aromatic heterocycles. The average Bonchev–Trinajstić information content (AvgIpc) is 2.16. The van der Waals surface area contributed by atoms with Crippen LogP contribution in [0.25, 0.3) is 0 Å². The van der Waals surface area contributed by atoms with Crippen LogP contribution in [0.3, 0.4) is 0 Å². The quantitative estimate of drug-likeness (QED) is 0.794. The zero-order chi connectivity index (χ0) is 10.7. The number of carboxylic acid groups (broad SMARTS) is 1. The van der Waals surface area contributed by atoms with Crippen LogP contribution >= 0.6 is 23.2 Å². The van der Waals surface area contributed by atoms with Gasteiger partial charge in [0.2, 0.25) is 0 Å². The van der Waals surface area contributed by atoms with E-state index in [1.54, 1.807) is 0 Å². The van der Waals surface area contributed by atoms with E-state index in [1.807, 2.05) is 6.07 Å². The molecule has 1 aromatic carbocycles. The van der Waals surface area contributed by atoms with Gasteiger partial charge >= 0.3 is 5.97 Å². The van der Waals surface area contributed by atoms with Crippen molar-refractivity contribution >= 4 is 29.2 Å². The number of carboxylic acids is 1. The Morgan fingerprint density at radius 3 is 2.64 bits per heavy atom. The predicted octanol–water partition coefficient (Wildman–Crippen LogP) is 2.65. The van der Waals surface area contributed by atoms with Gasteiger partial charge in [-0.3, -0.25) is 0 Å². The minimum absolute atomic E-state index is 0.0135. The molecule has 0 atom stereocenters. The largest absolute Gasteiger partial charge is 0.478 e. The highest BCUT2D eigenvalue weighted by Crippen LogP contribution is 2.23. The molecule has 0 fully saturated rings. The van der Waals surface area contributed by atoms with Crippen LogP contribution in [-0.2, 0) is 5.88 Å². The van der Waals surface area contributed by atoms with Gasteiger partial charge in [0.1, 0.15) is 0 Å². The van der Waals surface area contributed by atoms with Gasteiger partial charge in [0, 0.05) is 10.6 Å². The summed E-state index contributed by atoms with van der Waals surface area (Å²) in [6.07, 6.45) is 0. The number of carbonyl (C=O) groups is 1. The maximum atomic E-state index is 10.6. The molecular formula is C9H5Cl2NO2. The van der Waals surface area contributed by atoms with Gasteiger partial charge in [-0.1, -0.05) is 11.6 Å². The van der Waals surface area contributed by atoms with Crippen molar-refractivity contribution in [3.05, 3.63) is 33.8 Å². The van der Waals surface area contributed by atoms with Gasteiger partial charge in [0.15, 0.2) is 0 Å². The average molecular weight is 230 g/mol. The van der Waals surface area contributed by atoms with Crippen LogP contribution in [0, 0.1) is 11.3 Å². The topological polar surface area (TPSA) is 61.1 Å². The summed E-state index contributed by atoms with van der Waals surface area (Å²) in [4.78, 5) is 10.6. The van der Waals surface area contributed by atoms with Crippen molar-refractivity contribution in [1.82, 2.24) is 0 Å². The molecule has 5 heteroatoms. The second-order valence-electron chi connectivity index (χ2n) is 2.53. The first kappa shape index (κ1) is 10.8. The van der Waals surface area contributed by atoms with E-state index in [2.05, 4.69) is 0 Å².